The number of rotatable bonds is 9. The second-order valence-corrected chi connectivity index (χ2v) is 8.10. The smallest absolute Gasteiger partial charge is 0.000496 e. The van der Waals surface area contributed by atoms with Gasteiger partial charge in [0, 0.05) is 6.54 Å². The van der Waals surface area contributed by atoms with E-state index in [1.807, 2.05) is 0 Å². The molecule has 2 nitrogen and oxygen atoms in total. The van der Waals surface area contributed by atoms with E-state index in [9.17, 15) is 0 Å². The van der Waals surface area contributed by atoms with Crippen LogP contribution < -0.4 is 11.1 Å². The summed E-state index contributed by atoms with van der Waals surface area (Å²) in [4.78, 5) is 0. The fourth-order valence-electron chi connectivity index (χ4n) is 2.30. The highest BCUT2D eigenvalue weighted by Gasteiger charge is 2.24. The maximum atomic E-state index is 5.73. The van der Waals surface area contributed by atoms with Crippen LogP contribution >= 0.6 is 0 Å². The van der Waals surface area contributed by atoms with Gasteiger partial charge in [0.05, 0.1) is 0 Å². The molecule has 2 heteroatoms. The van der Waals surface area contributed by atoms with Crippen LogP contribution in [0.15, 0.2) is 0 Å². The minimum atomic E-state index is 0.385. The highest BCUT2D eigenvalue weighted by atomic mass is 14.9. The molecule has 0 radical (unpaired) electrons. The molecule has 0 bridgehead atoms. The lowest BCUT2D eigenvalue weighted by Gasteiger charge is -2.31. The lowest BCUT2D eigenvalue weighted by molar-refractivity contribution is 0.205. The third-order valence-corrected chi connectivity index (χ3v) is 4.79. The van der Waals surface area contributed by atoms with Crippen molar-refractivity contribution in [1.29, 1.82) is 0 Å². The van der Waals surface area contributed by atoms with Crippen LogP contribution in [0.4, 0.5) is 0 Å². The highest BCUT2D eigenvalue weighted by Crippen LogP contribution is 2.32. The van der Waals surface area contributed by atoms with Crippen molar-refractivity contribution in [1.82, 2.24) is 5.32 Å². The highest BCUT2D eigenvalue weighted by molar-refractivity contribution is 4.77. The summed E-state index contributed by atoms with van der Waals surface area (Å²) in [5.41, 5.74) is 6.51. The predicted molar refractivity (Wildman–Crippen MR) is 87.3 cm³/mol. The third-order valence-electron chi connectivity index (χ3n) is 4.79. The molecule has 0 aromatic carbocycles. The first-order valence-corrected chi connectivity index (χ1v) is 8.02. The predicted octanol–water partition coefficient (Wildman–Crippen LogP) is 4.05. The molecule has 0 aliphatic carbocycles. The molecule has 0 aliphatic heterocycles. The Hall–Kier alpha value is -0.0800. The summed E-state index contributed by atoms with van der Waals surface area (Å²) in [6, 6.07) is 0. The number of nitrogens with one attached hydrogen (secondary N) is 1. The van der Waals surface area contributed by atoms with Gasteiger partial charge in [0.1, 0.15) is 0 Å². The molecule has 0 spiro atoms. The van der Waals surface area contributed by atoms with Gasteiger partial charge >= 0.3 is 0 Å². The fraction of sp³-hybridized carbons (Fsp3) is 1.00. The second kappa shape index (κ2) is 8.26. The largest absolute Gasteiger partial charge is 0.330 e. The summed E-state index contributed by atoms with van der Waals surface area (Å²) in [6.45, 7) is 19.4. The Labute approximate surface area is 121 Å². The Bertz CT molecular complexity index is 226. The van der Waals surface area contributed by atoms with Crippen molar-refractivity contribution in [2.45, 2.75) is 67.7 Å². The van der Waals surface area contributed by atoms with Gasteiger partial charge in [-0.05, 0) is 55.0 Å². The van der Waals surface area contributed by atoms with E-state index in [0.29, 0.717) is 10.8 Å². The van der Waals surface area contributed by atoms with E-state index in [4.69, 9.17) is 5.73 Å². The molecule has 0 heterocycles. The zero-order chi connectivity index (χ0) is 15.1. The van der Waals surface area contributed by atoms with Crippen molar-refractivity contribution in [3.8, 4) is 0 Å². The van der Waals surface area contributed by atoms with Gasteiger partial charge in [-0.15, -0.1) is 0 Å². The van der Waals surface area contributed by atoms with Gasteiger partial charge in [0.15, 0.2) is 0 Å². The van der Waals surface area contributed by atoms with Crippen molar-refractivity contribution in [3.63, 3.8) is 0 Å². The summed E-state index contributed by atoms with van der Waals surface area (Å²) in [6.07, 6.45) is 3.70. The lowest BCUT2D eigenvalue weighted by Crippen LogP contribution is -2.34. The summed E-state index contributed by atoms with van der Waals surface area (Å²) in [7, 11) is 0. The second-order valence-electron chi connectivity index (χ2n) is 8.10. The zero-order valence-electron chi connectivity index (χ0n) is 14.5. The first kappa shape index (κ1) is 18.9. The minimum absolute atomic E-state index is 0.385. The van der Waals surface area contributed by atoms with Gasteiger partial charge in [-0.25, -0.2) is 0 Å². The molecular weight excluding hydrogens is 232 g/mol. The quantitative estimate of drug-likeness (QED) is 0.620. The van der Waals surface area contributed by atoms with Crippen molar-refractivity contribution in [2.24, 2.45) is 28.4 Å². The van der Waals surface area contributed by atoms with E-state index in [2.05, 4.69) is 53.8 Å². The monoisotopic (exact) mass is 270 g/mol. The fourth-order valence-corrected chi connectivity index (χ4v) is 2.30. The van der Waals surface area contributed by atoms with Gasteiger partial charge in [0.25, 0.3) is 0 Å². The molecule has 0 rings (SSSR count). The van der Waals surface area contributed by atoms with Gasteiger partial charge in [0.2, 0.25) is 0 Å². The molecule has 0 aromatic rings. The van der Waals surface area contributed by atoms with Crippen molar-refractivity contribution in [2.75, 3.05) is 19.6 Å². The number of nitrogens with two attached hydrogens (primary N) is 1. The Balaban J connectivity index is 3.90. The van der Waals surface area contributed by atoms with Crippen LogP contribution in [0.25, 0.3) is 0 Å². The normalized spacial score (nSPS) is 15.0. The number of hydrogen-bond donors (Lipinski definition) is 2. The Morgan fingerprint density at radius 3 is 2.00 bits per heavy atom. The first-order chi connectivity index (χ1) is 8.61. The first-order valence-electron chi connectivity index (χ1n) is 8.02. The van der Waals surface area contributed by atoms with Gasteiger partial charge < -0.3 is 11.1 Å². The Kier molecular flexibility index (Phi) is 8.23. The van der Waals surface area contributed by atoms with Gasteiger partial charge in [-0.2, -0.15) is 0 Å². The molecule has 116 valence electrons. The average Bonchev–Trinajstić information content (AvgIpc) is 2.25. The molecule has 0 aromatic heterocycles. The molecule has 0 amide bonds. The molecule has 0 fully saturated rings. The molecular formula is C17H38N2. The van der Waals surface area contributed by atoms with E-state index in [-0.39, 0.29) is 0 Å². The topological polar surface area (TPSA) is 38.0 Å². The summed E-state index contributed by atoms with van der Waals surface area (Å²) in [5.74, 6) is 1.47. The average molecular weight is 271 g/mol. The SMILES string of the molecule is CC(C)C(C)(C)CNCCCC(CCN)C(C)(C)C. The van der Waals surface area contributed by atoms with Crippen LogP contribution in [0.2, 0.25) is 0 Å². The summed E-state index contributed by atoms with van der Waals surface area (Å²) < 4.78 is 0. The van der Waals surface area contributed by atoms with Crippen LogP contribution in [0.5, 0.6) is 0 Å². The molecule has 19 heavy (non-hydrogen) atoms. The van der Waals surface area contributed by atoms with E-state index >= 15 is 0 Å². The maximum Gasteiger partial charge on any atom is 0.000496 e. The molecule has 1 atom stereocenters. The van der Waals surface area contributed by atoms with E-state index in [0.717, 1.165) is 37.9 Å². The lowest BCUT2D eigenvalue weighted by atomic mass is 9.76. The van der Waals surface area contributed by atoms with Crippen LogP contribution in [0.3, 0.4) is 0 Å². The molecule has 0 aliphatic rings. The molecule has 1 unspecified atom stereocenters. The van der Waals surface area contributed by atoms with Crippen LogP contribution in [-0.4, -0.2) is 19.6 Å². The van der Waals surface area contributed by atoms with Crippen LogP contribution in [-0.2, 0) is 0 Å². The number of hydrogen-bond acceptors (Lipinski definition) is 2. The van der Waals surface area contributed by atoms with Crippen molar-refractivity contribution >= 4 is 0 Å². The van der Waals surface area contributed by atoms with Crippen LogP contribution in [0.1, 0.15) is 67.7 Å². The summed E-state index contributed by atoms with van der Waals surface area (Å²) in [5, 5.41) is 3.62. The Morgan fingerprint density at radius 1 is 1.00 bits per heavy atom. The summed E-state index contributed by atoms with van der Waals surface area (Å²) >= 11 is 0. The molecule has 0 saturated carbocycles. The van der Waals surface area contributed by atoms with Crippen LogP contribution in [0, 0.1) is 22.7 Å². The molecule has 0 saturated heterocycles. The van der Waals surface area contributed by atoms with E-state index < -0.39 is 0 Å². The van der Waals surface area contributed by atoms with Crippen molar-refractivity contribution in [3.05, 3.63) is 0 Å². The Morgan fingerprint density at radius 2 is 1.58 bits per heavy atom. The zero-order valence-corrected chi connectivity index (χ0v) is 14.5. The molecule has 3 N–H and O–H groups in total. The third kappa shape index (κ3) is 7.94. The van der Waals surface area contributed by atoms with Gasteiger partial charge in [-0.3, -0.25) is 0 Å². The van der Waals surface area contributed by atoms with Gasteiger partial charge in [-0.1, -0.05) is 48.5 Å². The standard InChI is InChI=1S/C17H38N2/c1-14(2)17(6,7)13-19-12-8-9-15(10-11-18)16(3,4)5/h14-15,19H,8-13,18H2,1-7H3. The van der Waals surface area contributed by atoms with Crippen molar-refractivity contribution < 1.29 is 0 Å². The maximum absolute atomic E-state index is 5.73. The minimum Gasteiger partial charge on any atom is -0.330 e. The van der Waals surface area contributed by atoms with E-state index in [1.54, 1.807) is 0 Å². The van der Waals surface area contributed by atoms with E-state index in [1.165, 1.54) is 12.8 Å².